The van der Waals surface area contributed by atoms with Crippen LogP contribution in [0.1, 0.15) is 17.8 Å². The minimum atomic E-state index is -0.889. The maximum absolute atomic E-state index is 11.5. The quantitative estimate of drug-likeness (QED) is 0.0151. The number of hydrogen-bond donors (Lipinski definition) is 5. The molecule has 0 aliphatic heterocycles. The number of alkyl halides is 1. The van der Waals surface area contributed by atoms with E-state index in [1.807, 2.05) is 72.8 Å². The van der Waals surface area contributed by atoms with Crippen LogP contribution in [-0.4, -0.2) is 76.1 Å². The zero-order valence-corrected chi connectivity index (χ0v) is 57.2. The Morgan fingerprint density at radius 1 is 0.671 bits per heavy atom. The zero-order chi connectivity index (χ0) is 52.9. The molecule has 6 N–H and O–H groups in total. The molecular formula is C49H38BrCl2N14O8W4Y-5. The Hall–Kier alpha value is -5.59. The van der Waals surface area contributed by atoms with Gasteiger partial charge in [-0.1, -0.05) is 150 Å². The molecule has 5 aromatic carbocycles. The topological polar surface area (TPSA) is 326 Å². The molecule has 0 unspecified atom stereocenters. The molecule has 0 aliphatic carbocycles. The van der Waals surface area contributed by atoms with Crippen molar-refractivity contribution < 1.29 is 136 Å². The van der Waals surface area contributed by atoms with E-state index in [-0.39, 0.29) is 164 Å². The van der Waals surface area contributed by atoms with Gasteiger partial charge in [0.25, 0.3) is 11.4 Å². The fourth-order valence-corrected chi connectivity index (χ4v) is 6.69. The summed E-state index contributed by atoms with van der Waals surface area (Å²) in [5.74, 6) is -0.285. The van der Waals surface area contributed by atoms with E-state index < -0.39 is 14.5 Å². The average Bonchev–Trinajstić information content (AvgIpc) is 4.27. The first-order chi connectivity index (χ1) is 35.3. The Labute approximate surface area is 549 Å². The second-order valence-corrected chi connectivity index (χ2v) is 15.2. The number of hydrogen-bond acceptors (Lipinski definition) is 14. The average molecular weight is 1930 g/mol. The molecule has 0 spiro atoms. The number of nitrogens with zero attached hydrogens (tertiary/aromatic N) is 9. The summed E-state index contributed by atoms with van der Waals surface area (Å²) in [6.07, 6.45) is 16.8. The molecule has 0 aliphatic rings. The number of anilines is 1. The maximum Gasteiger partial charge on any atom is 0.313 e. The normalized spacial score (nSPS) is 9.20. The van der Waals surface area contributed by atoms with Gasteiger partial charge in [-0.15, -0.1) is 17.9 Å². The number of nitrogens with two attached hydrogens (primary N) is 1. The fourth-order valence-electron chi connectivity index (χ4n) is 6.39. The number of nitrogen functional groups attached to an aromatic ring is 1. The number of halogens is 3. The second-order valence-electron chi connectivity index (χ2n) is 13.8. The minimum absolute atomic E-state index is 0. The fraction of sp³-hybridized carbons (Fsp3) is 0.0408. The smallest absolute Gasteiger partial charge is 0.313 e. The Balaban J connectivity index is 0. The molecule has 79 heavy (non-hydrogen) atoms. The van der Waals surface area contributed by atoms with E-state index in [1.165, 1.54) is 39.3 Å². The van der Waals surface area contributed by atoms with Gasteiger partial charge < -0.3 is 69.4 Å². The van der Waals surface area contributed by atoms with Crippen LogP contribution in [0.15, 0.2) is 156 Å². The maximum atomic E-state index is 11.5. The van der Waals surface area contributed by atoms with Crippen molar-refractivity contribution in [2.75, 3.05) is 11.1 Å². The first kappa shape index (κ1) is 75.5. The van der Waals surface area contributed by atoms with Crippen molar-refractivity contribution in [3.63, 3.8) is 0 Å². The van der Waals surface area contributed by atoms with Crippen LogP contribution in [0.5, 0.6) is 0 Å². The van der Waals surface area contributed by atoms with Crippen molar-refractivity contribution in [2.45, 2.75) is 7.43 Å². The SMILES string of the molecule is C.C=N.Nc1ccccc1-c1cn[c-][nH]1.O=C(CBr)c1ccccc1[N+](=O)[O-].O=C(Cl)Cl.O=[N+]([O-])c1ccccc1-c1cn[c-][nH]1.O=c1[n-]c2ccccc2c2cn[c-]n12.O=c1[nH]c2ccccc2c2cn[c-]n12.[W].[W].[W].[W].[Y]. The number of aromatic nitrogens is 10. The van der Waals surface area contributed by atoms with Gasteiger partial charge in [0.2, 0.25) is 5.69 Å². The van der Waals surface area contributed by atoms with E-state index in [9.17, 15) is 34.6 Å². The molecule has 405 valence electrons. The number of carbonyl (C=O) groups is 2. The second kappa shape index (κ2) is 38.9. The van der Waals surface area contributed by atoms with Gasteiger partial charge in [-0.3, -0.25) is 29.8 Å². The monoisotopic (exact) mass is 1920 g/mol. The predicted octanol–water partition coefficient (Wildman–Crippen LogP) is 9.47. The number of Topliss-reactive ketones (excluding diaryl/α,β-unsaturated/α-hetero) is 1. The van der Waals surface area contributed by atoms with Gasteiger partial charge in [-0.05, 0) is 82.8 Å². The molecule has 1 radical (unpaired) electrons. The summed E-state index contributed by atoms with van der Waals surface area (Å²) in [5.41, 5.74) is 12.0. The van der Waals surface area contributed by atoms with Gasteiger partial charge in [-0.2, -0.15) is 0 Å². The van der Waals surface area contributed by atoms with Crippen molar-refractivity contribution in [3.8, 4) is 22.5 Å². The number of nitro benzene ring substituents is 2. The molecule has 11 aromatic rings. The van der Waals surface area contributed by atoms with Crippen LogP contribution in [0.3, 0.4) is 0 Å². The number of imidazole rings is 4. The Morgan fingerprint density at radius 2 is 1.13 bits per heavy atom. The summed E-state index contributed by atoms with van der Waals surface area (Å²) in [7, 11) is 0. The number of nitro groups is 2. The van der Waals surface area contributed by atoms with Crippen LogP contribution in [0.25, 0.3) is 55.4 Å². The van der Waals surface area contributed by atoms with E-state index in [0.717, 1.165) is 44.3 Å². The van der Waals surface area contributed by atoms with Crippen molar-refractivity contribution in [3.05, 3.63) is 218 Å². The number of ketones is 1. The minimum Gasteiger partial charge on any atom is -0.496 e. The Bertz CT molecular complexity index is 3640. The number of benzene rings is 5. The molecule has 6 aromatic heterocycles. The van der Waals surface area contributed by atoms with Crippen molar-refractivity contribution in [2.24, 2.45) is 0 Å². The number of para-hydroxylation sites is 5. The van der Waals surface area contributed by atoms with E-state index in [1.54, 1.807) is 42.9 Å². The summed E-state index contributed by atoms with van der Waals surface area (Å²) >= 11 is 11.8. The summed E-state index contributed by atoms with van der Waals surface area (Å²) < 4.78 is 1.81. The van der Waals surface area contributed by atoms with E-state index >= 15 is 0 Å². The van der Waals surface area contributed by atoms with E-state index in [0.29, 0.717) is 16.8 Å². The molecule has 30 heteroatoms. The molecule has 0 bridgehead atoms. The van der Waals surface area contributed by atoms with Crippen LogP contribution in [0.4, 0.5) is 21.9 Å². The van der Waals surface area contributed by atoms with Gasteiger partial charge in [0.1, 0.15) is 0 Å². The van der Waals surface area contributed by atoms with Crippen LogP contribution >= 0.6 is 39.1 Å². The number of H-pyrrole nitrogens is 3. The third-order valence-corrected chi connectivity index (χ3v) is 9.98. The van der Waals surface area contributed by atoms with Gasteiger partial charge in [0.15, 0.2) is 5.78 Å². The molecular weight excluding hydrogens is 1890 g/mol. The standard InChI is InChI=1S/2C10H6N3O.C9H6N3O2.C9H8N3.C8H6BrNO3.CCl2O.CH3N.CH4.4W.Y/c2*14-10-12-8-4-2-1-3-7(8)9-5-11-6-13(9)10;13-12(14)9-4-2-1-3-7(9)8-5-10-6-11-8;10-8-4-2-1-3-7(8)9-5-11-6-12-9;9-5-8(11)6-3-1-2-4-7(6)10(12)13;2-1(3)4;1-2;;;;;;/h2*1-5H,(H,12,14);1-5H,(H,10,11);1-5H,10H2,(H,11,12);1-4H,5H2;;2H,1H2;1H4;;;;;/q4*-1;;;;;;;;;/p-1. The molecule has 22 nitrogen and oxygen atoms in total. The number of carbonyl (C=O) groups excluding carboxylic acids is 2. The van der Waals surface area contributed by atoms with Gasteiger partial charge >= 0.3 is 4.70 Å². The number of nitrogens with one attached hydrogen (secondary N) is 4. The summed E-state index contributed by atoms with van der Waals surface area (Å²) in [6.45, 7) is 2.50. The van der Waals surface area contributed by atoms with Crippen LogP contribution in [-0.2, 0) is 117 Å². The van der Waals surface area contributed by atoms with Crippen LogP contribution in [0.2, 0.25) is 0 Å². The van der Waals surface area contributed by atoms with Crippen LogP contribution in [0, 0.1) is 50.9 Å². The number of fused-ring (bicyclic) bond motifs is 6. The molecule has 11 rings (SSSR count). The molecule has 0 amide bonds. The summed E-state index contributed by atoms with van der Waals surface area (Å²) in [4.78, 5) is 90.7. The first-order valence-corrected chi connectivity index (χ1v) is 22.3. The largest absolute Gasteiger partial charge is 0.496 e. The van der Waals surface area contributed by atoms with Crippen molar-refractivity contribution in [1.29, 1.82) is 5.41 Å². The van der Waals surface area contributed by atoms with Crippen molar-refractivity contribution >= 4 is 106 Å². The van der Waals surface area contributed by atoms with E-state index in [2.05, 4.69) is 111 Å². The van der Waals surface area contributed by atoms with E-state index in [4.69, 9.17) is 15.9 Å². The van der Waals surface area contributed by atoms with Gasteiger partial charge in [-0.25, -0.2) is 0 Å². The van der Waals surface area contributed by atoms with Gasteiger partial charge in [0.05, 0.1) is 26.4 Å². The summed E-state index contributed by atoms with van der Waals surface area (Å²) in [5, 5.41) is 28.6. The molecule has 0 saturated heterocycles. The number of aromatic amines is 3. The molecule has 6 heterocycles. The van der Waals surface area contributed by atoms with Crippen LogP contribution < -0.4 is 22.1 Å². The molecule has 0 atom stereocenters. The Morgan fingerprint density at radius 3 is 1.67 bits per heavy atom. The first-order valence-electron chi connectivity index (χ1n) is 20.4. The predicted molar refractivity (Wildman–Crippen MR) is 285 cm³/mol. The summed E-state index contributed by atoms with van der Waals surface area (Å²) in [6, 6.07) is 35.1. The molecule has 0 saturated carbocycles. The number of rotatable bonds is 6. The third-order valence-electron chi connectivity index (χ3n) is 9.47. The van der Waals surface area contributed by atoms with Gasteiger partial charge in [0, 0.05) is 152 Å². The zero-order valence-electron chi connectivity index (χ0n) is 39.5. The van der Waals surface area contributed by atoms with Crippen molar-refractivity contribution in [1.82, 2.24) is 48.7 Å². The molecule has 0 fully saturated rings. The third kappa shape index (κ3) is 21.4. The Kier molecular flexibility index (Phi) is 37.2.